The van der Waals surface area contributed by atoms with Gasteiger partial charge < -0.3 is 10.0 Å². The molecule has 0 spiro atoms. The molecule has 22 heavy (non-hydrogen) atoms. The third-order valence-corrected chi connectivity index (χ3v) is 5.52. The molecule has 0 aromatic heterocycles. The number of phenols is 1. The Morgan fingerprint density at radius 2 is 2.00 bits per heavy atom. The van der Waals surface area contributed by atoms with Crippen LogP contribution in [0.1, 0.15) is 50.2 Å². The van der Waals surface area contributed by atoms with E-state index in [-0.39, 0.29) is 5.38 Å². The van der Waals surface area contributed by atoms with Crippen LogP contribution < -0.4 is 4.90 Å². The Bertz CT molecular complexity index is 710. The minimum Gasteiger partial charge on any atom is -0.507 e. The highest BCUT2D eigenvalue weighted by Gasteiger charge is 2.33. The lowest BCUT2D eigenvalue weighted by Crippen LogP contribution is -2.20. The summed E-state index contributed by atoms with van der Waals surface area (Å²) in [6.45, 7) is 7.45. The number of hydrogen-bond acceptors (Lipinski definition) is 2. The lowest BCUT2D eigenvalue weighted by molar-refractivity contribution is 0.481. The average molecular weight is 318 g/mol. The number of halogens is 1. The first-order chi connectivity index (χ1) is 10.4. The summed E-state index contributed by atoms with van der Waals surface area (Å²) >= 11 is 6.62. The van der Waals surface area contributed by atoms with Crippen LogP contribution in [0.15, 0.2) is 24.3 Å². The summed E-state index contributed by atoms with van der Waals surface area (Å²) in [6.07, 6.45) is 0.950. The van der Waals surface area contributed by atoms with Crippen LogP contribution >= 0.6 is 11.6 Å². The van der Waals surface area contributed by atoms with E-state index in [4.69, 9.17) is 11.6 Å². The number of aromatic hydroxyl groups is 1. The zero-order chi connectivity index (χ0) is 16.0. The first kappa shape index (κ1) is 15.5. The third-order valence-electron chi connectivity index (χ3n) is 4.91. The molecule has 0 amide bonds. The molecule has 0 radical (unpaired) electrons. The maximum Gasteiger partial charge on any atom is 0.125 e. The number of nitrogens with zero attached hydrogens (tertiary/aromatic N) is 1. The largest absolute Gasteiger partial charge is 0.507 e. The van der Waals surface area contributed by atoms with Crippen molar-refractivity contribution in [1.82, 2.24) is 0 Å². The van der Waals surface area contributed by atoms with E-state index in [0.717, 1.165) is 29.4 Å². The molecule has 1 N–H and O–H groups in total. The fourth-order valence-electron chi connectivity index (χ4n) is 3.56. The normalized spacial score (nSPS) is 19.0. The molecule has 0 fully saturated rings. The minimum atomic E-state index is 0.124. The number of rotatable bonds is 3. The second-order valence-electron chi connectivity index (χ2n) is 6.70. The van der Waals surface area contributed by atoms with Crippen molar-refractivity contribution >= 4 is 28.1 Å². The van der Waals surface area contributed by atoms with Gasteiger partial charge in [-0.3, -0.25) is 0 Å². The van der Waals surface area contributed by atoms with Crippen LogP contribution in [-0.2, 0) is 0 Å². The van der Waals surface area contributed by atoms with Gasteiger partial charge in [0.15, 0.2) is 0 Å². The van der Waals surface area contributed by atoms with Crippen LogP contribution in [-0.4, -0.2) is 24.1 Å². The van der Waals surface area contributed by atoms with Crippen molar-refractivity contribution in [2.75, 3.05) is 18.5 Å². The predicted octanol–water partition coefficient (Wildman–Crippen LogP) is 5.22. The van der Waals surface area contributed by atoms with Crippen molar-refractivity contribution in [1.29, 1.82) is 0 Å². The van der Waals surface area contributed by atoms with Gasteiger partial charge in [-0.15, -0.1) is 11.6 Å². The lowest BCUT2D eigenvalue weighted by atomic mass is 9.89. The number of benzene rings is 2. The monoisotopic (exact) mass is 317 g/mol. The van der Waals surface area contributed by atoms with E-state index in [9.17, 15) is 5.11 Å². The molecule has 2 aromatic carbocycles. The second kappa shape index (κ2) is 5.66. The van der Waals surface area contributed by atoms with E-state index in [2.05, 4.69) is 44.9 Å². The summed E-state index contributed by atoms with van der Waals surface area (Å²) in [7, 11) is 2.08. The van der Waals surface area contributed by atoms with Crippen molar-refractivity contribution < 1.29 is 5.11 Å². The van der Waals surface area contributed by atoms with E-state index >= 15 is 0 Å². The maximum absolute atomic E-state index is 10.4. The maximum atomic E-state index is 10.4. The Morgan fingerprint density at radius 3 is 2.64 bits per heavy atom. The number of likely N-dealkylation sites (N-methyl/N-ethyl adjacent to an activating group) is 1. The van der Waals surface area contributed by atoms with Gasteiger partial charge in [-0.05, 0) is 28.9 Å². The Morgan fingerprint density at radius 1 is 1.27 bits per heavy atom. The van der Waals surface area contributed by atoms with E-state index in [0.29, 0.717) is 17.6 Å². The average Bonchev–Trinajstić information content (AvgIpc) is 2.83. The molecule has 2 unspecified atom stereocenters. The summed E-state index contributed by atoms with van der Waals surface area (Å²) in [5.41, 5.74) is 3.73. The third kappa shape index (κ3) is 2.34. The standard InChI is InChI=1S/C19H24ClNO/c1-5-16(20)15-10-21(4)17-9-18(22)13-7-6-12(11(2)3)8-14(13)19(15)17/h6-9,11,15-16,22H,5,10H2,1-4H3. The summed E-state index contributed by atoms with van der Waals surface area (Å²) in [5.74, 6) is 1.15. The summed E-state index contributed by atoms with van der Waals surface area (Å²) in [6, 6.07) is 8.30. The van der Waals surface area contributed by atoms with Crippen LogP contribution in [0.25, 0.3) is 10.8 Å². The molecule has 1 heterocycles. The zero-order valence-corrected chi connectivity index (χ0v) is 14.5. The number of phenolic OH excluding ortho intramolecular Hbond substituents is 1. The van der Waals surface area contributed by atoms with Gasteiger partial charge in [0.1, 0.15) is 5.75 Å². The van der Waals surface area contributed by atoms with Gasteiger partial charge in [0, 0.05) is 42.0 Å². The predicted molar refractivity (Wildman–Crippen MR) is 95.6 cm³/mol. The van der Waals surface area contributed by atoms with Crippen molar-refractivity contribution in [3.05, 3.63) is 35.4 Å². The van der Waals surface area contributed by atoms with Gasteiger partial charge in [-0.1, -0.05) is 39.0 Å². The Labute approximate surface area is 137 Å². The molecule has 0 bridgehead atoms. The quantitative estimate of drug-likeness (QED) is 0.784. The molecule has 0 aliphatic carbocycles. The lowest BCUT2D eigenvalue weighted by Gasteiger charge is -2.18. The van der Waals surface area contributed by atoms with Crippen LogP contribution in [0.2, 0.25) is 0 Å². The van der Waals surface area contributed by atoms with E-state index in [1.54, 1.807) is 0 Å². The molecule has 1 aliphatic rings. The molecule has 2 nitrogen and oxygen atoms in total. The molecule has 1 aliphatic heterocycles. The molecule has 0 saturated carbocycles. The van der Waals surface area contributed by atoms with Gasteiger partial charge in [0.25, 0.3) is 0 Å². The van der Waals surface area contributed by atoms with Crippen LogP contribution in [0, 0.1) is 0 Å². The fraction of sp³-hybridized carbons (Fsp3) is 0.474. The number of alkyl halides is 1. The highest BCUT2D eigenvalue weighted by molar-refractivity contribution is 6.21. The summed E-state index contributed by atoms with van der Waals surface area (Å²) < 4.78 is 0. The van der Waals surface area contributed by atoms with E-state index in [1.807, 2.05) is 12.1 Å². The molecule has 3 rings (SSSR count). The molecule has 3 heteroatoms. The van der Waals surface area contributed by atoms with Gasteiger partial charge in [0.2, 0.25) is 0 Å². The zero-order valence-electron chi connectivity index (χ0n) is 13.7. The molecule has 118 valence electrons. The first-order valence-electron chi connectivity index (χ1n) is 8.08. The Hall–Kier alpha value is -1.41. The van der Waals surface area contributed by atoms with Crippen molar-refractivity contribution in [2.24, 2.45) is 0 Å². The van der Waals surface area contributed by atoms with Crippen LogP contribution in [0.5, 0.6) is 5.75 Å². The Balaban J connectivity index is 2.30. The van der Waals surface area contributed by atoms with Gasteiger partial charge in [-0.2, -0.15) is 0 Å². The Kier molecular flexibility index (Phi) is 3.98. The number of fused-ring (bicyclic) bond motifs is 3. The van der Waals surface area contributed by atoms with Crippen LogP contribution in [0.3, 0.4) is 0 Å². The van der Waals surface area contributed by atoms with Gasteiger partial charge >= 0.3 is 0 Å². The molecule has 0 saturated heterocycles. The minimum absolute atomic E-state index is 0.124. The SMILES string of the molecule is CCC(Cl)C1CN(C)c2cc(O)c3ccc(C(C)C)cc3c21. The van der Waals surface area contributed by atoms with E-state index < -0.39 is 0 Å². The van der Waals surface area contributed by atoms with Crippen molar-refractivity contribution in [3.63, 3.8) is 0 Å². The highest BCUT2D eigenvalue weighted by Crippen LogP contribution is 2.47. The fourth-order valence-corrected chi connectivity index (χ4v) is 3.77. The second-order valence-corrected chi connectivity index (χ2v) is 7.26. The topological polar surface area (TPSA) is 23.5 Å². The molecule has 2 atom stereocenters. The highest BCUT2D eigenvalue weighted by atomic mass is 35.5. The smallest absolute Gasteiger partial charge is 0.125 e. The first-order valence-corrected chi connectivity index (χ1v) is 8.52. The number of anilines is 1. The van der Waals surface area contributed by atoms with E-state index in [1.165, 1.54) is 11.1 Å². The summed E-state index contributed by atoms with van der Waals surface area (Å²) in [5, 5.41) is 12.6. The summed E-state index contributed by atoms with van der Waals surface area (Å²) in [4.78, 5) is 2.21. The van der Waals surface area contributed by atoms with Gasteiger partial charge in [0.05, 0.1) is 0 Å². The number of hydrogen-bond donors (Lipinski definition) is 1. The van der Waals surface area contributed by atoms with Crippen LogP contribution in [0.4, 0.5) is 5.69 Å². The van der Waals surface area contributed by atoms with Crippen molar-refractivity contribution in [2.45, 2.75) is 44.4 Å². The molecule has 2 aromatic rings. The van der Waals surface area contributed by atoms with Gasteiger partial charge in [-0.25, -0.2) is 0 Å². The molecular weight excluding hydrogens is 294 g/mol. The van der Waals surface area contributed by atoms with Crippen molar-refractivity contribution in [3.8, 4) is 5.75 Å². The molecular formula is C19H24ClNO.